The van der Waals surface area contributed by atoms with E-state index >= 15 is 0 Å². The van der Waals surface area contributed by atoms with Crippen LogP contribution in [0, 0.1) is 0 Å². The summed E-state index contributed by atoms with van der Waals surface area (Å²) in [6, 6.07) is 0. The molecule has 0 aromatic heterocycles. The van der Waals surface area contributed by atoms with E-state index in [2.05, 4.69) is 50.4 Å². The van der Waals surface area contributed by atoms with E-state index in [1.807, 2.05) is 20.9 Å². The molecule has 0 saturated heterocycles. The highest BCUT2D eigenvalue weighted by molar-refractivity contribution is 5.47. The molecular formula is C16H27N. The van der Waals surface area contributed by atoms with Gasteiger partial charge in [-0.25, -0.2) is 0 Å². The lowest BCUT2D eigenvalue weighted by Crippen LogP contribution is -2.10. The Hall–Kier alpha value is -1.24. The van der Waals surface area contributed by atoms with Gasteiger partial charge in [-0.1, -0.05) is 37.6 Å². The Morgan fingerprint density at radius 2 is 1.71 bits per heavy atom. The highest BCUT2D eigenvalue weighted by atomic mass is 14.8. The molecule has 0 radical (unpaired) electrons. The molecule has 0 heterocycles. The van der Waals surface area contributed by atoms with Gasteiger partial charge in [-0.05, 0) is 50.8 Å². The van der Waals surface area contributed by atoms with E-state index in [0.29, 0.717) is 0 Å². The zero-order valence-corrected chi connectivity index (χ0v) is 12.2. The average molecular weight is 233 g/mol. The van der Waals surface area contributed by atoms with Gasteiger partial charge in [-0.2, -0.15) is 0 Å². The van der Waals surface area contributed by atoms with Gasteiger partial charge in [0.1, 0.15) is 0 Å². The monoisotopic (exact) mass is 233 g/mol. The molecular weight excluding hydrogens is 206 g/mol. The van der Waals surface area contributed by atoms with Crippen molar-refractivity contribution in [1.82, 2.24) is 5.32 Å². The molecule has 0 atom stereocenters. The van der Waals surface area contributed by atoms with Crippen LogP contribution in [0.2, 0.25) is 0 Å². The van der Waals surface area contributed by atoms with Crippen molar-refractivity contribution in [3.05, 3.63) is 46.7 Å². The van der Waals surface area contributed by atoms with Gasteiger partial charge >= 0.3 is 0 Å². The maximum atomic E-state index is 3.26. The first kappa shape index (κ1) is 15.8. The number of likely N-dealkylation sites (N-methyl/N-ethyl adjacent to an activating group) is 1. The van der Waals surface area contributed by atoms with Gasteiger partial charge < -0.3 is 5.32 Å². The Labute approximate surface area is 107 Å². The fraction of sp³-hybridized carbons (Fsp3) is 0.500. The summed E-state index contributed by atoms with van der Waals surface area (Å²) in [7, 11) is 1.98. The Balaban J connectivity index is 0.00000121. The van der Waals surface area contributed by atoms with Crippen LogP contribution >= 0.6 is 0 Å². The summed E-state index contributed by atoms with van der Waals surface area (Å²) in [5.74, 6) is 0. The van der Waals surface area contributed by atoms with Crippen molar-refractivity contribution in [1.29, 1.82) is 0 Å². The van der Waals surface area contributed by atoms with Crippen molar-refractivity contribution in [2.24, 2.45) is 0 Å². The molecule has 0 aromatic carbocycles. The molecule has 1 aliphatic carbocycles. The minimum absolute atomic E-state index is 1.15. The summed E-state index contributed by atoms with van der Waals surface area (Å²) >= 11 is 0. The second-order valence-corrected chi connectivity index (χ2v) is 4.16. The summed E-state index contributed by atoms with van der Waals surface area (Å²) in [5.41, 5.74) is 5.26. The van der Waals surface area contributed by atoms with Gasteiger partial charge in [-0.15, -0.1) is 0 Å². The van der Waals surface area contributed by atoms with E-state index in [-0.39, 0.29) is 0 Å². The number of hydrogen-bond acceptors (Lipinski definition) is 1. The van der Waals surface area contributed by atoms with Crippen molar-refractivity contribution >= 4 is 0 Å². The number of rotatable bonds is 3. The van der Waals surface area contributed by atoms with E-state index in [1.54, 1.807) is 0 Å². The fourth-order valence-corrected chi connectivity index (χ4v) is 1.68. The summed E-state index contributed by atoms with van der Waals surface area (Å²) in [4.78, 5) is 0. The van der Waals surface area contributed by atoms with Crippen LogP contribution in [-0.2, 0) is 0 Å². The predicted molar refractivity (Wildman–Crippen MR) is 79.0 cm³/mol. The minimum Gasteiger partial charge on any atom is -0.388 e. The van der Waals surface area contributed by atoms with Gasteiger partial charge in [0.2, 0.25) is 0 Å². The first-order valence-electron chi connectivity index (χ1n) is 6.55. The van der Waals surface area contributed by atoms with Crippen LogP contribution in [0.15, 0.2) is 46.7 Å². The van der Waals surface area contributed by atoms with Crippen molar-refractivity contribution < 1.29 is 0 Å². The van der Waals surface area contributed by atoms with E-state index in [1.165, 1.54) is 28.8 Å². The highest BCUT2D eigenvalue weighted by Gasteiger charge is 2.07. The zero-order valence-electron chi connectivity index (χ0n) is 12.2. The van der Waals surface area contributed by atoms with Gasteiger partial charge in [0.25, 0.3) is 0 Å². The van der Waals surface area contributed by atoms with Crippen molar-refractivity contribution in [3.8, 4) is 0 Å². The fourth-order valence-electron chi connectivity index (χ4n) is 1.68. The average Bonchev–Trinajstić information content (AvgIpc) is 2.34. The molecule has 1 rings (SSSR count). The Morgan fingerprint density at radius 3 is 2.18 bits per heavy atom. The second kappa shape index (κ2) is 8.86. The third-order valence-corrected chi connectivity index (χ3v) is 2.53. The number of hydrogen-bond donors (Lipinski definition) is 1. The molecule has 0 bridgehead atoms. The Kier molecular flexibility index (Phi) is 8.21. The molecule has 1 heteroatoms. The second-order valence-electron chi connectivity index (χ2n) is 4.16. The lowest BCUT2D eigenvalue weighted by molar-refractivity contribution is 0.944. The van der Waals surface area contributed by atoms with Crippen LogP contribution in [-0.4, -0.2) is 7.05 Å². The minimum atomic E-state index is 1.15. The molecule has 17 heavy (non-hydrogen) atoms. The predicted octanol–water partition coefficient (Wildman–Crippen LogP) is 4.75. The molecule has 0 fully saturated rings. The molecule has 0 spiro atoms. The molecule has 0 amide bonds. The van der Waals surface area contributed by atoms with E-state index in [0.717, 1.165) is 6.42 Å². The van der Waals surface area contributed by atoms with Crippen LogP contribution in [0.1, 0.15) is 47.5 Å². The van der Waals surface area contributed by atoms with Crippen LogP contribution in [0.25, 0.3) is 0 Å². The first-order chi connectivity index (χ1) is 8.15. The molecule has 0 aromatic rings. The quantitative estimate of drug-likeness (QED) is 0.694. The number of allylic oxidation sites excluding steroid dienone is 6. The molecule has 0 saturated carbocycles. The molecule has 1 N–H and O–H groups in total. The van der Waals surface area contributed by atoms with Crippen LogP contribution in [0.4, 0.5) is 0 Å². The van der Waals surface area contributed by atoms with Crippen molar-refractivity contribution in [2.45, 2.75) is 47.5 Å². The summed E-state index contributed by atoms with van der Waals surface area (Å²) < 4.78 is 0. The zero-order chi connectivity index (χ0) is 13.3. The van der Waals surface area contributed by atoms with Gasteiger partial charge in [0.05, 0.1) is 0 Å². The molecule has 0 unspecified atom stereocenters. The van der Waals surface area contributed by atoms with Gasteiger partial charge in [0, 0.05) is 12.7 Å². The summed E-state index contributed by atoms with van der Waals surface area (Å²) in [5, 5.41) is 3.26. The van der Waals surface area contributed by atoms with Crippen LogP contribution < -0.4 is 5.32 Å². The molecule has 96 valence electrons. The van der Waals surface area contributed by atoms with E-state index < -0.39 is 0 Å². The third kappa shape index (κ3) is 5.58. The van der Waals surface area contributed by atoms with Gasteiger partial charge in [0.15, 0.2) is 0 Å². The topological polar surface area (TPSA) is 12.0 Å². The third-order valence-electron chi connectivity index (χ3n) is 2.53. The van der Waals surface area contributed by atoms with E-state index in [4.69, 9.17) is 0 Å². The Bertz CT molecular complexity index is 337. The lowest BCUT2D eigenvalue weighted by atomic mass is 9.96. The maximum absolute atomic E-state index is 3.26. The van der Waals surface area contributed by atoms with Crippen LogP contribution in [0.5, 0.6) is 0 Å². The molecule has 0 aliphatic heterocycles. The smallest absolute Gasteiger partial charge is 0.0410 e. The standard InChI is InChI=1S/C14H21N.C2H6/c1-11(2)9-10-14(15-4)13-8-6-5-7-12(13)3;1-2/h7-10,15H,5-6H2,1-4H3;1-2H3/b14-10-;. The Morgan fingerprint density at radius 1 is 1.12 bits per heavy atom. The maximum Gasteiger partial charge on any atom is 0.0410 e. The SMILES string of the molecule is CC.CN/C(=C\C=C(C)C)C1=CCCC=C1C. The van der Waals surface area contributed by atoms with Crippen molar-refractivity contribution in [2.75, 3.05) is 7.05 Å². The lowest BCUT2D eigenvalue weighted by Gasteiger charge is -2.15. The number of nitrogens with one attached hydrogen (secondary N) is 1. The van der Waals surface area contributed by atoms with E-state index in [9.17, 15) is 0 Å². The van der Waals surface area contributed by atoms with Crippen LogP contribution in [0.3, 0.4) is 0 Å². The highest BCUT2D eigenvalue weighted by Crippen LogP contribution is 2.23. The van der Waals surface area contributed by atoms with Gasteiger partial charge in [-0.3, -0.25) is 0 Å². The summed E-state index contributed by atoms with van der Waals surface area (Å²) in [6.07, 6.45) is 11.3. The summed E-state index contributed by atoms with van der Waals surface area (Å²) in [6.45, 7) is 10.4. The van der Waals surface area contributed by atoms with Crippen molar-refractivity contribution in [3.63, 3.8) is 0 Å². The molecule has 1 aliphatic rings. The first-order valence-corrected chi connectivity index (χ1v) is 6.55. The normalized spacial score (nSPS) is 15.1. The molecule has 1 nitrogen and oxygen atoms in total. The largest absolute Gasteiger partial charge is 0.388 e.